The number of hydrogen-bond donors (Lipinski definition) is 1. The van der Waals surface area contributed by atoms with Crippen LogP contribution in [0.1, 0.15) is 27.2 Å². The molecule has 2 fully saturated rings. The lowest BCUT2D eigenvalue weighted by atomic mass is 10.1. The summed E-state index contributed by atoms with van der Waals surface area (Å²) >= 11 is 0. The van der Waals surface area contributed by atoms with Gasteiger partial charge in [0.15, 0.2) is 0 Å². The molecular formula is C20H31N5O3. The lowest BCUT2D eigenvalue weighted by molar-refractivity contribution is -0.119. The Balaban J connectivity index is 1.49. The summed E-state index contributed by atoms with van der Waals surface area (Å²) in [5.41, 5.74) is 0.509. The Morgan fingerprint density at radius 3 is 2.39 bits per heavy atom. The minimum Gasteiger partial charge on any atom is -0.444 e. The number of ether oxygens (including phenoxy) is 1. The quantitative estimate of drug-likeness (QED) is 0.852. The summed E-state index contributed by atoms with van der Waals surface area (Å²) in [6, 6.07) is 3.80. The van der Waals surface area contributed by atoms with E-state index >= 15 is 0 Å². The molecule has 0 bridgehead atoms. The molecule has 0 aliphatic carbocycles. The molecule has 0 radical (unpaired) electrons. The standard InChI is InChI=1S/C20H31N5O3/c1-20(2,3)28-19(27)25-11-9-24(10-12-25)16-5-6-17(21-13-16)22-18(26)15-7-8-23(4)14-15/h5-6,13,15H,7-12,14H2,1-4H3,(H,21,22,26). The van der Waals surface area contributed by atoms with Crippen molar-refractivity contribution >= 4 is 23.5 Å². The van der Waals surface area contributed by atoms with Crippen molar-refractivity contribution in [3.05, 3.63) is 18.3 Å². The molecule has 2 saturated heterocycles. The van der Waals surface area contributed by atoms with Gasteiger partial charge in [0.05, 0.1) is 17.8 Å². The number of likely N-dealkylation sites (tertiary alicyclic amines) is 1. The highest BCUT2D eigenvalue weighted by Crippen LogP contribution is 2.20. The molecule has 3 heterocycles. The SMILES string of the molecule is CN1CCC(C(=O)Nc2ccc(N3CCN(C(=O)OC(C)(C)C)CC3)cn2)C1. The fourth-order valence-corrected chi connectivity index (χ4v) is 3.50. The van der Waals surface area contributed by atoms with Crippen molar-refractivity contribution in [2.45, 2.75) is 32.8 Å². The average molecular weight is 390 g/mol. The summed E-state index contributed by atoms with van der Waals surface area (Å²) in [5, 5.41) is 2.91. The van der Waals surface area contributed by atoms with Crippen molar-refractivity contribution in [3.8, 4) is 0 Å². The normalized spacial score (nSPS) is 20.9. The van der Waals surface area contributed by atoms with Gasteiger partial charge in [0.25, 0.3) is 0 Å². The number of rotatable bonds is 3. The monoisotopic (exact) mass is 389 g/mol. The number of pyridine rings is 1. The number of nitrogens with one attached hydrogen (secondary N) is 1. The maximum atomic E-state index is 12.3. The van der Waals surface area contributed by atoms with Gasteiger partial charge in [0.1, 0.15) is 11.4 Å². The number of carbonyl (C=O) groups is 2. The molecule has 1 atom stereocenters. The van der Waals surface area contributed by atoms with Crippen LogP contribution in [0.4, 0.5) is 16.3 Å². The van der Waals surface area contributed by atoms with Crippen LogP contribution in [0.5, 0.6) is 0 Å². The highest BCUT2D eigenvalue weighted by atomic mass is 16.6. The molecule has 1 N–H and O–H groups in total. The Kier molecular flexibility index (Phi) is 6.07. The van der Waals surface area contributed by atoms with Gasteiger partial charge in [-0.05, 0) is 52.9 Å². The van der Waals surface area contributed by atoms with Crippen LogP contribution < -0.4 is 10.2 Å². The zero-order valence-electron chi connectivity index (χ0n) is 17.3. The highest BCUT2D eigenvalue weighted by molar-refractivity contribution is 5.92. The third-order valence-corrected chi connectivity index (χ3v) is 5.06. The largest absolute Gasteiger partial charge is 0.444 e. The molecule has 8 nitrogen and oxygen atoms in total. The molecule has 8 heteroatoms. The van der Waals surface area contributed by atoms with Crippen LogP contribution in [0.2, 0.25) is 0 Å². The van der Waals surface area contributed by atoms with E-state index in [1.54, 1.807) is 11.1 Å². The maximum absolute atomic E-state index is 12.3. The number of nitrogens with zero attached hydrogens (tertiary/aromatic N) is 4. The van der Waals surface area contributed by atoms with Gasteiger partial charge >= 0.3 is 6.09 Å². The van der Waals surface area contributed by atoms with Crippen molar-refractivity contribution in [2.24, 2.45) is 5.92 Å². The van der Waals surface area contributed by atoms with E-state index in [1.807, 2.05) is 40.0 Å². The molecule has 0 aromatic carbocycles. The van der Waals surface area contributed by atoms with Gasteiger partial charge in [-0.25, -0.2) is 9.78 Å². The first kappa shape index (κ1) is 20.4. The lowest BCUT2D eigenvalue weighted by Crippen LogP contribution is -2.50. The van der Waals surface area contributed by atoms with Crippen molar-refractivity contribution in [2.75, 3.05) is 56.5 Å². The summed E-state index contributed by atoms with van der Waals surface area (Å²) < 4.78 is 5.43. The van der Waals surface area contributed by atoms with Crippen LogP contribution in [0.25, 0.3) is 0 Å². The predicted molar refractivity (Wildman–Crippen MR) is 108 cm³/mol. The van der Waals surface area contributed by atoms with E-state index in [4.69, 9.17) is 4.74 Å². The molecule has 2 amide bonds. The second kappa shape index (κ2) is 8.34. The molecule has 1 aromatic rings. The third-order valence-electron chi connectivity index (χ3n) is 5.06. The number of hydrogen-bond acceptors (Lipinski definition) is 6. The molecule has 154 valence electrons. The van der Waals surface area contributed by atoms with Gasteiger partial charge < -0.3 is 24.8 Å². The smallest absolute Gasteiger partial charge is 0.410 e. The number of aromatic nitrogens is 1. The minimum absolute atomic E-state index is 0.0346. The zero-order valence-corrected chi connectivity index (χ0v) is 17.3. The van der Waals surface area contributed by atoms with Crippen molar-refractivity contribution in [1.82, 2.24) is 14.8 Å². The fourth-order valence-electron chi connectivity index (χ4n) is 3.50. The molecule has 1 unspecified atom stereocenters. The average Bonchev–Trinajstić information content (AvgIpc) is 3.08. The van der Waals surface area contributed by atoms with Crippen LogP contribution in [0, 0.1) is 5.92 Å². The Hall–Kier alpha value is -2.35. The second-order valence-electron chi connectivity index (χ2n) is 8.59. The van der Waals surface area contributed by atoms with Crippen LogP contribution >= 0.6 is 0 Å². The first-order valence-electron chi connectivity index (χ1n) is 9.89. The van der Waals surface area contributed by atoms with Crippen molar-refractivity contribution < 1.29 is 14.3 Å². The zero-order chi connectivity index (χ0) is 20.3. The summed E-state index contributed by atoms with van der Waals surface area (Å²) in [6.45, 7) is 10.0. The van der Waals surface area contributed by atoms with Crippen LogP contribution in [-0.2, 0) is 9.53 Å². The summed E-state index contributed by atoms with van der Waals surface area (Å²) in [6.07, 6.45) is 2.41. The van der Waals surface area contributed by atoms with Gasteiger partial charge in [-0.3, -0.25) is 4.79 Å². The Morgan fingerprint density at radius 2 is 1.86 bits per heavy atom. The summed E-state index contributed by atoms with van der Waals surface area (Å²) in [7, 11) is 2.03. The first-order chi connectivity index (χ1) is 13.2. The van der Waals surface area contributed by atoms with Gasteiger partial charge in [0.2, 0.25) is 5.91 Å². The lowest BCUT2D eigenvalue weighted by Gasteiger charge is -2.36. The van der Waals surface area contributed by atoms with Gasteiger partial charge in [0, 0.05) is 32.7 Å². The second-order valence-corrected chi connectivity index (χ2v) is 8.59. The van der Waals surface area contributed by atoms with E-state index in [0.29, 0.717) is 18.9 Å². The van der Waals surface area contributed by atoms with Gasteiger partial charge in [-0.1, -0.05) is 0 Å². The van der Waals surface area contributed by atoms with Crippen LogP contribution in [0.15, 0.2) is 18.3 Å². The van der Waals surface area contributed by atoms with E-state index < -0.39 is 5.60 Å². The minimum atomic E-state index is -0.480. The van der Waals surface area contributed by atoms with Crippen LogP contribution in [-0.4, -0.2) is 78.7 Å². The van der Waals surface area contributed by atoms with Gasteiger partial charge in [-0.15, -0.1) is 0 Å². The van der Waals surface area contributed by atoms with Crippen LogP contribution in [0.3, 0.4) is 0 Å². The van der Waals surface area contributed by atoms with Crippen molar-refractivity contribution in [1.29, 1.82) is 0 Å². The third kappa shape index (κ3) is 5.34. The molecule has 0 spiro atoms. The fraction of sp³-hybridized carbons (Fsp3) is 0.650. The molecule has 2 aliphatic rings. The number of piperazine rings is 1. The van der Waals surface area contributed by atoms with E-state index in [1.165, 1.54) is 0 Å². The Bertz CT molecular complexity index is 693. The van der Waals surface area contributed by atoms with E-state index in [2.05, 4.69) is 20.1 Å². The number of anilines is 2. The number of amides is 2. The molecule has 2 aliphatic heterocycles. The molecule has 1 aromatic heterocycles. The molecule has 28 heavy (non-hydrogen) atoms. The van der Waals surface area contributed by atoms with Crippen molar-refractivity contribution in [3.63, 3.8) is 0 Å². The van der Waals surface area contributed by atoms with E-state index in [9.17, 15) is 9.59 Å². The first-order valence-corrected chi connectivity index (χ1v) is 9.89. The molecule has 3 rings (SSSR count). The maximum Gasteiger partial charge on any atom is 0.410 e. The predicted octanol–water partition coefficient (Wildman–Crippen LogP) is 2.03. The van der Waals surface area contributed by atoms with Gasteiger partial charge in [-0.2, -0.15) is 0 Å². The highest BCUT2D eigenvalue weighted by Gasteiger charge is 2.27. The topological polar surface area (TPSA) is 78.0 Å². The summed E-state index contributed by atoms with van der Waals surface area (Å²) in [4.78, 5) is 35.0. The summed E-state index contributed by atoms with van der Waals surface area (Å²) in [5.74, 6) is 0.652. The Morgan fingerprint density at radius 1 is 1.14 bits per heavy atom. The molecule has 0 saturated carbocycles. The van der Waals surface area contributed by atoms with E-state index in [0.717, 1.165) is 38.3 Å². The number of carbonyl (C=O) groups excluding carboxylic acids is 2. The van der Waals surface area contributed by atoms with E-state index in [-0.39, 0.29) is 17.9 Å². The molecular weight excluding hydrogens is 358 g/mol. The Labute approximate surface area is 166 Å².